The van der Waals surface area contributed by atoms with Crippen LogP contribution in [0.1, 0.15) is 23.1 Å². The molecular weight excluding hydrogens is 320 g/mol. The first-order chi connectivity index (χ1) is 12.7. The number of hydrogen-bond donors (Lipinski definition) is 2. The van der Waals surface area contributed by atoms with E-state index in [2.05, 4.69) is 41.8 Å². The zero-order valence-corrected chi connectivity index (χ0v) is 15.0. The molecule has 0 fully saturated rings. The summed E-state index contributed by atoms with van der Waals surface area (Å²) in [5, 5.41) is 6.36. The van der Waals surface area contributed by atoms with Gasteiger partial charge in [-0.3, -0.25) is 4.79 Å². The fraction of sp³-hybridized carbons (Fsp3) is 0.174. The van der Waals surface area contributed by atoms with E-state index in [-0.39, 0.29) is 5.91 Å². The Bertz CT molecular complexity index is 842. The molecular formula is C23H24N2O. The van der Waals surface area contributed by atoms with Crippen molar-refractivity contribution < 1.29 is 4.79 Å². The van der Waals surface area contributed by atoms with Crippen LogP contribution in [0.3, 0.4) is 0 Å². The van der Waals surface area contributed by atoms with E-state index in [0.717, 1.165) is 24.3 Å². The molecule has 0 saturated heterocycles. The van der Waals surface area contributed by atoms with Gasteiger partial charge < -0.3 is 10.6 Å². The standard InChI is InChI=1S/C23H24N2O/c1-18-6-5-9-20(16-18)17-24-21-11-13-22(14-12-21)25-23(26)15-10-19-7-3-2-4-8-19/h2-9,11-14,16,24H,10,15,17H2,1H3,(H,25,26). The van der Waals surface area contributed by atoms with Gasteiger partial charge in [0, 0.05) is 24.3 Å². The Balaban J connectivity index is 1.47. The van der Waals surface area contributed by atoms with Gasteiger partial charge >= 0.3 is 0 Å². The van der Waals surface area contributed by atoms with Gasteiger partial charge in [0.05, 0.1) is 0 Å². The smallest absolute Gasteiger partial charge is 0.224 e. The molecule has 132 valence electrons. The lowest BCUT2D eigenvalue weighted by atomic mass is 10.1. The van der Waals surface area contributed by atoms with Crippen LogP contribution in [0.4, 0.5) is 11.4 Å². The second kappa shape index (κ2) is 8.86. The van der Waals surface area contributed by atoms with Crippen LogP contribution in [-0.2, 0) is 17.8 Å². The second-order valence-corrected chi connectivity index (χ2v) is 6.45. The predicted molar refractivity (Wildman–Crippen MR) is 108 cm³/mol. The lowest BCUT2D eigenvalue weighted by Crippen LogP contribution is -2.12. The topological polar surface area (TPSA) is 41.1 Å². The highest BCUT2D eigenvalue weighted by atomic mass is 16.1. The largest absolute Gasteiger partial charge is 0.381 e. The third-order valence-corrected chi connectivity index (χ3v) is 4.23. The van der Waals surface area contributed by atoms with E-state index in [1.54, 1.807) is 0 Å². The molecule has 0 aliphatic heterocycles. The lowest BCUT2D eigenvalue weighted by Gasteiger charge is -2.09. The van der Waals surface area contributed by atoms with Crippen LogP contribution >= 0.6 is 0 Å². The molecule has 0 aliphatic rings. The van der Waals surface area contributed by atoms with Gasteiger partial charge in [0.25, 0.3) is 0 Å². The minimum atomic E-state index is 0.0364. The van der Waals surface area contributed by atoms with Crippen molar-refractivity contribution in [3.8, 4) is 0 Å². The molecule has 3 aromatic rings. The third kappa shape index (κ3) is 5.49. The second-order valence-electron chi connectivity index (χ2n) is 6.45. The van der Waals surface area contributed by atoms with Gasteiger partial charge in [-0.15, -0.1) is 0 Å². The number of aryl methyl sites for hydroxylation is 2. The van der Waals surface area contributed by atoms with Gasteiger partial charge in [-0.05, 0) is 48.7 Å². The summed E-state index contributed by atoms with van der Waals surface area (Å²) in [6.07, 6.45) is 1.24. The minimum Gasteiger partial charge on any atom is -0.381 e. The Morgan fingerprint density at radius 2 is 1.50 bits per heavy atom. The third-order valence-electron chi connectivity index (χ3n) is 4.23. The van der Waals surface area contributed by atoms with E-state index in [1.165, 1.54) is 16.7 Å². The maximum atomic E-state index is 12.1. The van der Waals surface area contributed by atoms with Crippen LogP contribution in [0.15, 0.2) is 78.9 Å². The zero-order valence-electron chi connectivity index (χ0n) is 15.0. The van der Waals surface area contributed by atoms with Crippen molar-refractivity contribution in [2.24, 2.45) is 0 Å². The predicted octanol–water partition coefficient (Wildman–Crippen LogP) is 5.18. The Morgan fingerprint density at radius 3 is 2.23 bits per heavy atom. The van der Waals surface area contributed by atoms with Gasteiger partial charge in [-0.25, -0.2) is 0 Å². The number of nitrogens with one attached hydrogen (secondary N) is 2. The van der Waals surface area contributed by atoms with Gasteiger partial charge in [0.2, 0.25) is 5.91 Å². The Morgan fingerprint density at radius 1 is 0.808 bits per heavy atom. The molecule has 3 aromatic carbocycles. The van der Waals surface area contributed by atoms with Crippen molar-refractivity contribution in [1.29, 1.82) is 0 Å². The van der Waals surface area contributed by atoms with Crippen LogP contribution in [0.5, 0.6) is 0 Å². The maximum absolute atomic E-state index is 12.1. The highest BCUT2D eigenvalue weighted by Crippen LogP contribution is 2.15. The zero-order chi connectivity index (χ0) is 18.2. The van der Waals surface area contributed by atoms with Gasteiger partial charge in [0.1, 0.15) is 0 Å². The Kier molecular flexibility index (Phi) is 6.05. The van der Waals surface area contributed by atoms with Gasteiger partial charge in [0.15, 0.2) is 0 Å². The average molecular weight is 344 g/mol. The molecule has 3 rings (SSSR count). The number of benzene rings is 3. The van der Waals surface area contributed by atoms with Crippen molar-refractivity contribution in [3.05, 3.63) is 95.6 Å². The number of hydrogen-bond acceptors (Lipinski definition) is 2. The van der Waals surface area contributed by atoms with E-state index in [4.69, 9.17) is 0 Å². The number of carbonyl (C=O) groups is 1. The van der Waals surface area contributed by atoms with Crippen molar-refractivity contribution in [1.82, 2.24) is 0 Å². The summed E-state index contributed by atoms with van der Waals surface area (Å²) in [4.78, 5) is 12.1. The van der Waals surface area contributed by atoms with Crippen molar-refractivity contribution in [2.45, 2.75) is 26.3 Å². The normalized spacial score (nSPS) is 10.3. The minimum absolute atomic E-state index is 0.0364. The van der Waals surface area contributed by atoms with Gasteiger partial charge in [-0.2, -0.15) is 0 Å². The highest BCUT2D eigenvalue weighted by Gasteiger charge is 2.03. The summed E-state index contributed by atoms with van der Waals surface area (Å²) in [5.41, 5.74) is 5.55. The number of carbonyl (C=O) groups excluding carboxylic acids is 1. The number of rotatable bonds is 7. The number of amides is 1. The van der Waals surface area contributed by atoms with Crippen LogP contribution in [-0.4, -0.2) is 5.91 Å². The van der Waals surface area contributed by atoms with E-state index in [0.29, 0.717) is 6.42 Å². The van der Waals surface area contributed by atoms with E-state index in [9.17, 15) is 4.79 Å². The summed E-state index contributed by atoms with van der Waals surface area (Å²) in [6, 6.07) is 26.4. The molecule has 3 nitrogen and oxygen atoms in total. The summed E-state index contributed by atoms with van der Waals surface area (Å²) in [7, 11) is 0. The molecule has 1 amide bonds. The molecule has 0 aromatic heterocycles. The molecule has 26 heavy (non-hydrogen) atoms. The first-order valence-electron chi connectivity index (χ1n) is 8.92. The van der Waals surface area contributed by atoms with Crippen LogP contribution in [0.25, 0.3) is 0 Å². The highest BCUT2D eigenvalue weighted by molar-refractivity contribution is 5.91. The van der Waals surface area contributed by atoms with Crippen LogP contribution < -0.4 is 10.6 Å². The quantitative estimate of drug-likeness (QED) is 0.620. The monoisotopic (exact) mass is 344 g/mol. The van der Waals surface area contributed by atoms with Gasteiger partial charge in [-0.1, -0.05) is 60.2 Å². The van der Waals surface area contributed by atoms with E-state index < -0.39 is 0 Å². The fourth-order valence-electron chi connectivity index (χ4n) is 2.82. The first-order valence-corrected chi connectivity index (χ1v) is 8.92. The summed E-state index contributed by atoms with van der Waals surface area (Å²) in [5.74, 6) is 0.0364. The van der Waals surface area contributed by atoms with E-state index in [1.807, 2.05) is 54.6 Å². The Labute approximate surface area is 155 Å². The molecule has 0 spiro atoms. The summed E-state index contributed by atoms with van der Waals surface area (Å²) >= 11 is 0. The maximum Gasteiger partial charge on any atom is 0.224 e. The molecule has 0 heterocycles. The molecule has 0 radical (unpaired) electrons. The molecule has 3 heteroatoms. The van der Waals surface area contributed by atoms with Crippen molar-refractivity contribution >= 4 is 17.3 Å². The Hall–Kier alpha value is -3.07. The summed E-state index contributed by atoms with van der Waals surface area (Å²) < 4.78 is 0. The molecule has 0 unspecified atom stereocenters. The van der Waals surface area contributed by atoms with Crippen LogP contribution in [0.2, 0.25) is 0 Å². The fourth-order valence-corrected chi connectivity index (χ4v) is 2.82. The lowest BCUT2D eigenvalue weighted by molar-refractivity contribution is -0.116. The van der Waals surface area contributed by atoms with Crippen molar-refractivity contribution in [2.75, 3.05) is 10.6 Å². The first kappa shape index (κ1) is 17.7. The number of anilines is 2. The SMILES string of the molecule is Cc1cccc(CNc2ccc(NC(=O)CCc3ccccc3)cc2)c1. The molecule has 0 bridgehead atoms. The van der Waals surface area contributed by atoms with Crippen molar-refractivity contribution in [3.63, 3.8) is 0 Å². The molecule has 0 saturated carbocycles. The van der Waals surface area contributed by atoms with E-state index >= 15 is 0 Å². The molecule has 0 aliphatic carbocycles. The summed E-state index contributed by atoms with van der Waals surface area (Å²) in [6.45, 7) is 2.88. The molecule has 2 N–H and O–H groups in total. The van der Waals surface area contributed by atoms with Crippen LogP contribution in [0, 0.1) is 6.92 Å². The average Bonchev–Trinajstić information content (AvgIpc) is 2.67. The molecule has 0 atom stereocenters.